The van der Waals surface area contributed by atoms with Crippen molar-refractivity contribution in [3.63, 3.8) is 0 Å². The van der Waals surface area contributed by atoms with Gasteiger partial charge in [-0.05, 0) is 6.92 Å². The van der Waals surface area contributed by atoms with Crippen LogP contribution in [0.25, 0.3) is 0 Å². The number of amides is 1. The lowest BCUT2D eigenvalue weighted by atomic mass is 10.1. The molecule has 0 spiro atoms. The van der Waals surface area contributed by atoms with Crippen LogP contribution >= 0.6 is 0 Å². The second kappa shape index (κ2) is 4.98. The largest absolute Gasteiger partial charge is 0.348 e. The monoisotopic (exact) mass is 232 g/mol. The van der Waals surface area contributed by atoms with E-state index in [1.807, 2.05) is 0 Å². The van der Waals surface area contributed by atoms with E-state index < -0.39 is 35.0 Å². The molecule has 0 aliphatic carbocycles. The fourth-order valence-corrected chi connectivity index (χ4v) is 1.11. The molecule has 0 radical (unpaired) electrons. The molecule has 0 saturated heterocycles. The van der Waals surface area contributed by atoms with Crippen LogP contribution in [0.5, 0.6) is 0 Å². The molecule has 1 aromatic rings. The first kappa shape index (κ1) is 12.5. The van der Waals surface area contributed by atoms with Crippen molar-refractivity contribution >= 4 is 5.91 Å². The van der Waals surface area contributed by atoms with Crippen LogP contribution in [0.15, 0.2) is 12.1 Å². The van der Waals surface area contributed by atoms with Crippen LogP contribution in [0.3, 0.4) is 0 Å². The molecule has 0 heterocycles. The normalized spacial score (nSPS) is 12.3. The smallest absolute Gasteiger partial charge is 0.257 e. The SMILES string of the molecule is C[C@H](CN)NC(=O)c1c(F)cc(F)cc1F. The van der Waals surface area contributed by atoms with Gasteiger partial charge in [-0.1, -0.05) is 0 Å². The minimum absolute atomic E-state index is 0.135. The summed E-state index contributed by atoms with van der Waals surface area (Å²) >= 11 is 0. The van der Waals surface area contributed by atoms with Crippen molar-refractivity contribution in [3.05, 3.63) is 35.1 Å². The van der Waals surface area contributed by atoms with Gasteiger partial charge in [-0.2, -0.15) is 0 Å². The van der Waals surface area contributed by atoms with Crippen molar-refractivity contribution in [1.82, 2.24) is 5.32 Å². The Labute approximate surface area is 90.4 Å². The molecule has 16 heavy (non-hydrogen) atoms. The van der Waals surface area contributed by atoms with Crippen LogP contribution in [0.1, 0.15) is 17.3 Å². The van der Waals surface area contributed by atoms with E-state index in [4.69, 9.17) is 5.73 Å². The Kier molecular flexibility index (Phi) is 3.89. The molecule has 1 aromatic carbocycles. The molecule has 0 aliphatic heterocycles. The fraction of sp³-hybridized carbons (Fsp3) is 0.300. The average Bonchev–Trinajstić information content (AvgIpc) is 2.15. The highest BCUT2D eigenvalue weighted by atomic mass is 19.1. The summed E-state index contributed by atoms with van der Waals surface area (Å²) in [7, 11) is 0. The van der Waals surface area contributed by atoms with Crippen molar-refractivity contribution in [2.75, 3.05) is 6.54 Å². The summed E-state index contributed by atoms with van der Waals surface area (Å²) < 4.78 is 38.9. The summed E-state index contributed by atoms with van der Waals surface area (Å²) in [5.74, 6) is -4.50. The van der Waals surface area contributed by atoms with Crippen molar-refractivity contribution in [3.8, 4) is 0 Å². The van der Waals surface area contributed by atoms with Crippen molar-refractivity contribution in [2.45, 2.75) is 13.0 Å². The number of nitrogens with two attached hydrogens (primary N) is 1. The highest BCUT2D eigenvalue weighted by Crippen LogP contribution is 2.14. The lowest BCUT2D eigenvalue weighted by molar-refractivity contribution is 0.0932. The molecular weight excluding hydrogens is 221 g/mol. The Morgan fingerprint density at radius 3 is 2.31 bits per heavy atom. The first-order valence-corrected chi connectivity index (χ1v) is 4.61. The van der Waals surface area contributed by atoms with E-state index in [-0.39, 0.29) is 6.54 Å². The Morgan fingerprint density at radius 1 is 1.38 bits per heavy atom. The number of hydrogen-bond donors (Lipinski definition) is 2. The van der Waals surface area contributed by atoms with E-state index in [1.165, 1.54) is 0 Å². The third kappa shape index (κ3) is 2.73. The molecule has 1 amide bonds. The van der Waals surface area contributed by atoms with Crippen LogP contribution in [-0.4, -0.2) is 18.5 Å². The van der Waals surface area contributed by atoms with Gasteiger partial charge in [-0.25, -0.2) is 13.2 Å². The molecule has 0 aromatic heterocycles. The van der Waals surface area contributed by atoms with Gasteiger partial charge in [-0.15, -0.1) is 0 Å². The van der Waals surface area contributed by atoms with Crippen LogP contribution in [0, 0.1) is 17.5 Å². The van der Waals surface area contributed by atoms with E-state index in [2.05, 4.69) is 5.32 Å². The van der Waals surface area contributed by atoms with Gasteiger partial charge in [0.2, 0.25) is 0 Å². The highest BCUT2D eigenvalue weighted by Gasteiger charge is 2.19. The number of carbonyl (C=O) groups is 1. The maximum Gasteiger partial charge on any atom is 0.257 e. The van der Waals surface area contributed by atoms with Crippen LogP contribution in [0.2, 0.25) is 0 Å². The van der Waals surface area contributed by atoms with Gasteiger partial charge < -0.3 is 11.1 Å². The molecule has 0 unspecified atom stereocenters. The molecule has 6 heteroatoms. The van der Waals surface area contributed by atoms with Crippen molar-refractivity contribution in [1.29, 1.82) is 0 Å². The third-order valence-corrected chi connectivity index (χ3v) is 1.96. The zero-order chi connectivity index (χ0) is 12.3. The Bertz CT molecular complexity index is 386. The predicted octanol–water partition coefficient (Wildman–Crippen LogP) is 1.18. The maximum atomic E-state index is 13.1. The quantitative estimate of drug-likeness (QED) is 0.822. The van der Waals surface area contributed by atoms with E-state index in [9.17, 15) is 18.0 Å². The standard InChI is InChI=1S/C10H11F3N2O/c1-5(4-14)15-10(16)9-7(12)2-6(11)3-8(9)13/h2-3,5H,4,14H2,1H3,(H,15,16)/t5-/m1/s1. The first-order valence-electron chi connectivity index (χ1n) is 4.61. The second-order valence-corrected chi connectivity index (χ2v) is 3.35. The Hall–Kier alpha value is -1.56. The predicted molar refractivity (Wildman–Crippen MR) is 52.3 cm³/mol. The zero-order valence-corrected chi connectivity index (χ0v) is 8.56. The van der Waals surface area contributed by atoms with Gasteiger partial charge in [0.05, 0.1) is 0 Å². The number of nitrogens with one attached hydrogen (secondary N) is 1. The van der Waals surface area contributed by atoms with Gasteiger partial charge in [0.1, 0.15) is 23.0 Å². The molecule has 0 saturated carbocycles. The molecule has 88 valence electrons. The molecule has 0 aliphatic rings. The summed E-state index contributed by atoms with van der Waals surface area (Å²) in [5, 5.41) is 2.28. The number of rotatable bonds is 3. The van der Waals surface area contributed by atoms with Crippen LogP contribution in [0.4, 0.5) is 13.2 Å². The zero-order valence-electron chi connectivity index (χ0n) is 8.56. The van der Waals surface area contributed by atoms with E-state index in [0.29, 0.717) is 12.1 Å². The molecule has 1 atom stereocenters. The van der Waals surface area contributed by atoms with E-state index >= 15 is 0 Å². The molecule has 3 nitrogen and oxygen atoms in total. The number of benzene rings is 1. The van der Waals surface area contributed by atoms with Gasteiger partial charge in [-0.3, -0.25) is 4.79 Å². The molecule has 3 N–H and O–H groups in total. The van der Waals surface area contributed by atoms with Crippen LogP contribution in [-0.2, 0) is 0 Å². The molecular formula is C10H11F3N2O. The average molecular weight is 232 g/mol. The topological polar surface area (TPSA) is 55.1 Å². The summed E-state index contributed by atoms with van der Waals surface area (Å²) in [6.45, 7) is 1.72. The molecule has 0 fully saturated rings. The van der Waals surface area contributed by atoms with Gasteiger partial charge in [0.15, 0.2) is 0 Å². The third-order valence-electron chi connectivity index (χ3n) is 1.96. The van der Waals surface area contributed by atoms with Crippen molar-refractivity contribution < 1.29 is 18.0 Å². The van der Waals surface area contributed by atoms with Gasteiger partial charge in [0, 0.05) is 24.7 Å². The van der Waals surface area contributed by atoms with Gasteiger partial charge >= 0.3 is 0 Å². The van der Waals surface area contributed by atoms with E-state index in [1.54, 1.807) is 6.92 Å². The van der Waals surface area contributed by atoms with Gasteiger partial charge in [0.25, 0.3) is 5.91 Å². The number of carbonyl (C=O) groups excluding carboxylic acids is 1. The second-order valence-electron chi connectivity index (χ2n) is 3.35. The fourth-order valence-electron chi connectivity index (χ4n) is 1.11. The number of halogens is 3. The minimum Gasteiger partial charge on any atom is -0.348 e. The summed E-state index contributed by atoms with van der Waals surface area (Å²) in [5.41, 5.74) is 4.43. The van der Waals surface area contributed by atoms with E-state index in [0.717, 1.165) is 0 Å². The summed E-state index contributed by atoms with van der Waals surface area (Å²) in [6, 6.07) is 0.479. The first-order chi connectivity index (χ1) is 7.45. The lowest BCUT2D eigenvalue weighted by Gasteiger charge is -2.12. The summed E-state index contributed by atoms with van der Waals surface area (Å²) in [6.07, 6.45) is 0. The highest BCUT2D eigenvalue weighted by molar-refractivity contribution is 5.94. The van der Waals surface area contributed by atoms with Crippen LogP contribution < -0.4 is 11.1 Å². The summed E-state index contributed by atoms with van der Waals surface area (Å²) in [4.78, 5) is 11.4. The molecule has 1 rings (SSSR count). The van der Waals surface area contributed by atoms with Crippen molar-refractivity contribution in [2.24, 2.45) is 5.73 Å². The maximum absolute atomic E-state index is 13.1. The minimum atomic E-state index is -1.24. The molecule has 0 bridgehead atoms. The Balaban J connectivity index is 3.00. The lowest BCUT2D eigenvalue weighted by Crippen LogP contribution is -2.38. The number of hydrogen-bond acceptors (Lipinski definition) is 2. The Morgan fingerprint density at radius 2 is 1.88 bits per heavy atom.